The zero-order valence-corrected chi connectivity index (χ0v) is 12.6. The Morgan fingerprint density at radius 3 is 2.21 bits per heavy atom. The van der Waals surface area contributed by atoms with E-state index >= 15 is 0 Å². The van der Waals surface area contributed by atoms with E-state index < -0.39 is 33.2 Å². The Morgan fingerprint density at radius 1 is 1.21 bits per heavy atom. The average molecular weight is 293 g/mol. The molecule has 0 radical (unpaired) electrons. The third kappa shape index (κ3) is 7.15. The monoisotopic (exact) mass is 293 g/mol. The topological polar surface area (TPSA) is 91.8 Å². The van der Waals surface area contributed by atoms with E-state index in [9.17, 15) is 18.0 Å². The molecule has 0 bridgehead atoms. The van der Waals surface area contributed by atoms with Crippen molar-refractivity contribution >= 4 is 21.7 Å². The summed E-state index contributed by atoms with van der Waals surface area (Å²) in [6.07, 6.45) is 2.44. The van der Waals surface area contributed by atoms with Crippen molar-refractivity contribution in [1.82, 2.24) is 4.90 Å². The summed E-state index contributed by atoms with van der Waals surface area (Å²) in [7, 11) is -3.88. The number of hydrogen-bond donors (Lipinski definition) is 1. The van der Waals surface area contributed by atoms with Gasteiger partial charge in [-0.15, -0.1) is 0 Å². The summed E-state index contributed by atoms with van der Waals surface area (Å²) < 4.78 is 23.0. The minimum absolute atomic E-state index is 0.0425. The fourth-order valence-corrected chi connectivity index (χ4v) is 2.67. The number of rotatable bonds is 9. The van der Waals surface area contributed by atoms with Crippen LogP contribution in [0.15, 0.2) is 0 Å². The predicted molar refractivity (Wildman–Crippen MR) is 72.7 cm³/mol. The van der Waals surface area contributed by atoms with E-state index in [1.54, 1.807) is 0 Å². The molecule has 7 heteroatoms. The lowest BCUT2D eigenvalue weighted by molar-refractivity contribution is -0.134. The van der Waals surface area contributed by atoms with Crippen LogP contribution in [-0.2, 0) is 19.4 Å². The van der Waals surface area contributed by atoms with Gasteiger partial charge in [0.2, 0.25) is 5.91 Å². The molecule has 0 aliphatic heterocycles. The minimum Gasteiger partial charge on any atom is -0.480 e. The summed E-state index contributed by atoms with van der Waals surface area (Å²) in [5.74, 6) is -3.67. The standard InChI is InChI=1S/C12H23NO5S/c1-4-6-7-13(10(3)5-2)11(14)8-19(17,18)9-12(15)16/h10H,4-9H2,1-3H3,(H,15,16)/t10-/m1/s1. The maximum Gasteiger partial charge on any atom is 0.318 e. The summed E-state index contributed by atoms with van der Waals surface area (Å²) in [6, 6.07) is -0.0425. The first kappa shape index (κ1) is 17.9. The van der Waals surface area contributed by atoms with Crippen LogP contribution in [0, 0.1) is 0 Å². The van der Waals surface area contributed by atoms with Crippen LogP contribution in [0.1, 0.15) is 40.0 Å². The number of hydrogen-bond acceptors (Lipinski definition) is 4. The van der Waals surface area contributed by atoms with Crippen molar-refractivity contribution in [1.29, 1.82) is 0 Å². The maximum absolute atomic E-state index is 12.0. The Balaban J connectivity index is 4.76. The van der Waals surface area contributed by atoms with Gasteiger partial charge < -0.3 is 10.0 Å². The molecule has 0 saturated heterocycles. The van der Waals surface area contributed by atoms with Gasteiger partial charge in [0.25, 0.3) is 0 Å². The van der Waals surface area contributed by atoms with Gasteiger partial charge in [0.05, 0.1) is 0 Å². The predicted octanol–water partition coefficient (Wildman–Crippen LogP) is 0.913. The Bertz CT molecular complexity index is 404. The quantitative estimate of drug-likeness (QED) is 0.682. The molecule has 0 aromatic carbocycles. The number of aliphatic carboxylic acids is 1. The molecular weight excluding hydrogens is 270 g/mol. The lowest BCUT2D eigenvalue weighted by atomic mass is 10.2. The van der Waals surface area contributed by atoms with Gasteiger partial charge in [-0.3, -0.25) is 9.59 Å². The zero-order chi connectivity index (χ0) is 15.1. The van der Waals surface area contributed by atoms with E-state index in [-0.39, 0.29) is 6.04 Å². The highest BCUT2D eigenvalue weighted by molar-refractivity contribution is 7.92. The first-order valence-corrected chi connectivity index (χ1v) is 8.27. The van der Waals surface area contributed by atoms with E-state index in [1.165, 1.54) is 4.90 Å². The molecule has 0 aliphatic rings. The number of carboxylic acids is 1. The van der Waals surface area contributed by atoms with Crippen LogP contribution in [0.5, 0.6) is 0 Å². The molecule has 1 N–H and O–H groups in total. The maximum atomic E-state index is 12.0. The molecule has 0 saturated carbocycles. The van der Waals surface area contributed by atoms with Crippen LogP contribution in [0.25, 0.3) is 0 Å². The molecule has 0 aliphatic carbocycles. The van der Waals surface area contributed by atoms with Crippen LogP contribution in [-0.4, -0.2) is 54.4 Å². The summed E-state index contributed by atoms with van der Waals surface area (Å²) >= 11 is 0. The van der Waals surface area contributed by atoms with Crippen LogP contribution in [0.3, 0.4) is 0 Å². The second kappa shape index (κ2) is 8.14. The molecule has 1 amide bonds. The van der Waals surface area contributed by atoms with Crippen LogP contribution >= 0.6 is 0 Å². The molecule has 0 unspecified atom stereocenters. The van der Waals surface area contributed by atoms with Crippen LogP contribution < -0.4 is 0 Å². The molecule has 0 fully saturated rings. The Labute approximate surface area is 114 Å². The van der Waals surface area contributed by atoms with Crippen molar-refractivity contribution in [3.8, 4) is 0 Å². The first-order chi connectivity index (χ1) is 8.73. The highest BCUT2D eigenvalue weighted by Gasteiger charge is 2.26. The molecule has 1 atom stereocenters. The molecule has 112 valence electrons. The lowest BCUT2D eigenvalue weighted by Gasteiger charge is -2.28. The lowest BCUT2D eigenvalue weighted by Crippen LogP contribution is -2.42. The number of carboxylic acid groups (broad SMARTS) is 1. The molecule has 0 aromatic heterocycles. The van der Waals surface area contributed by atoms with Gasteiger partial charge in [0.15, 0.2) is 9.84 Å². The highest BCUT2D eigenvalue weighted by atomic mass is 32.2. The van der Waals surface area contributed by atoms with Gasteiger partial charge in [-0.2, -0.15) is 0 Å². The van der Waals surface area contributed by atoms with Crippen molar-refractivity contribution < 1.29 is 23.1 Å². The second-order valence-corrected chi connectivity index (χ2v) is 6.69. The SMILES string of the molecule is CCCCN(C(=O)CS(=O)(=O)CC(=O)O)[C@H](C)CC. The normalized spacial score (nSPS) is 13.0. The van der Waals surface area contributed by atoms with Crippen molar-refractivity contribution in [3.63, 3.8) is 0 Å². The number of unbranched alkanes of at least 4 members (excludes halogenated alkanes) is 1. The molecular formula is C12H23NO5S. The number of carbonyl (C=O) groups excluding carboxylic acids is 1. The molecule has 19 heavy (non-hydrogen) atoms. The van der Waals surface area contributed by atoms with Gasteiger partial charge in [-0.1, -0.05) is 20.3 Å². The van der Waals surface area contributed by atoms with Crippen LogP contribution in [0.2, 0.25) is 0 Å². The zero-order valence-electron chi connectivity index (χ0n) is 11.8. The Kier molecular flexibility index (Phi) is 7.66. The largest absolute Gasteiger partial charge is 0.480 e. The van der Waals surface area contributed by atoms with Crippen molar-refractivity contribution in [2.75, 3.05) is 18.1 Å². The molecule has 0 spiro atoms. The number of sulfone groups is 1. The number of carbonyl (C=O) groups is 2. The fraction of sp³-hybridized carbons (Fsp3) is 0.833. The Hall–Kier alpha value is -1.11. The summed E-state index contributed by atoms with van der Waals surface area (Å²) in [6.45, 7) is 6.27. The van der Waals surface area contributed by atoms with Gasteiger partial charge in [0, 0.05) is 12.6 Å². The minimum atomic E-state index is -3.88. The Morgan fingerprint density at radius 2 is 1.79 bits per heavy atom. The third-order valence-corrected chi connectivity index (χ3v) is 4.26. The van der Waals surface area contributed by atoms with E-state index in [4.69, 9.17) is 5.11 Å². The molecule has 0 rings (SSSR count). The van der Waals surface area contributed by atoms with Crippen molar-refractivity contribution in [2.45, 2.75) is 46.1 Å². The van der Waals surface area contributed by atoms with Gasteiger partial charge >= 0.3 is 5.97 Å². The van der Waals surface area contributed by atoms with Crippen LogP contribution in [0.4, 0.5) is 0 Å². The van der Waals surface area contributed by atoms with E-state index in [0.717, 1.165) is 19.3 Å². The van der Waals surface area contributed by atoms with E-state index in [0.29, 0.717) is 6.54 Å². The smallest absolute Gasteiger partial charge is 0.318 e. The van der Waals surface area contributed by atoms with Gasteiger partial charge in [-0.25, -0.2) is 8.42 Å². The van der Waals surface area contributed by atoms with Crippen molar-refractivity contribution in [2.24, 2.45) is 0 Å². The molecule has 0 aromatic rings. The summed E-state index contributed by atoms with van der Waals surface area (Å²) in [4.78, 5) is 24.0. The van der Waals surface area contributed by atoms with E-state index in [2.05, 4.69) is 0 Å². The van der Waals surface area contributed by atoms with E-state index in [1.807, 2.05) is 20.8 Å². The fourth-order valence-electron chi connectivity index (χ4n) is 1.65. The summed E-state index contributed by atoms with van der Waals surface area (Å²) in [5, 5.41) is 8.49. The second-order valence-electron chi connectivity index (χ2n) is 4.62. The molecule has 6 nitrogen and oxygen atoms in total. The average Bonchev–Trinajstić information content (AvgIpc) is 2.26. The van der Waals surface area contributed by atoms with Gasteiger partial charge in [0.1, 0.15) is 11.5 Å². The summed E-state index contributed by atoms with van der Waals surface area (Å²) in [5.41, 5.74) is 0. The third-order valence-electron chi connectivity index (χ3n) is 2.88. The number of amides is 1. The van der Waals surface area contributed by atoms with Gasteiger partial charge in [-0.05, 0) is 19.8 Å². The number of nitrogens with zero attached hydrogens (tertiary/aromatic N) is 1. The first-order valence-electron chi connectivity index (χ1n) is 6.45. The van der Waals surface area contributed by atoms with Crippen molar-refractivity contribution in [3.05, 3.63) is 0 Å². The molecule has 0 heterocycles. The highest BCUT2D eigenvalue weighted by Crippen LogP contribution is 2.08.